The normalized spacial score (nSPS) is 28.4. The largest absolute Gasteiger partial charge is 0.316 e. The fourth-order valence-corrected chi connectivity index (χ4v) is 5.03. The molecule has 3 heterocycles. The lowest BCUT2D eigenvalue weighted by Crippen LogP contribution is -2.35. The van der Waals surface area contributed by atoms with E-state index in [4.69, 9.17) is 4.98 Å². The smallest absolute Gasteiger partial charge is 0.0973 e. The van der Waals surface area contributed by atoms with E-state index in [0.717, 1.165) is 5.92 Å². The fourth-order valence-electron chi connectivity index (χ4n) is 3.80. The number of para-hydroxylation sites is 1. The first-order valence-corrected chi connectivity index (χ1v) is 10.2. The number of benzene rings is 1. The molecule has 3 atom stereocenters. The summed E-state index contributed by atoms with van der Waals surface area (Å²) in [5.74, 6) is 2.30. The number of thiazole rings is 1. The first-order valence-electron chi connectivity index (χ1n) is 9.38. The predicted octanol–water partition coefficient (Wildman–Crippen LogP) is 4.36. The molecule has 132 valence electrons. The number of hydrogen-bond donors (Lipinski definition) is 1. The molecule has 1 N–H and O–H groups in total. The lowest BCUT2D eigenvalue weighted by atomic mass is 9.88. The van der Waals surface area contributed by atoms with Crippen molar-refractivity contribution in [1.29, 1.82) is 0 Å². The predicted molar refractivity (Wildman–Crippen MR) is 105 cm³/mol. The van der Waals surface area contributed by atoms with Gasteiger partial charge in [0.05, 0.1) is 15.2 Å². The molecule has 0 aliphatic carbocycles. The van der Waals surface area contributed by atoms with Crippen molar-refractivity contribution in [3.05, 3.63) is 29.3 Å². The maximum absolute atomic E-state index is 4.81. The van der Waals surface area contributed by atoms with E-state index in [1.54, 1.807) is 0 Å². The standard InChI is InChI=1S/C14H18N2S.C6H13N/c1-10-9-16(2)8-7-11(10)14-15-12-5-3-4-6-13(12)17-14;1-6-3-2-4-7-5-6/h3-6,10-11H,7-9H2,1-2H3;6-7H,2-5H2,1H3/t10?,11-;/m0./s1. The zero-order valence-corrected chi connectivity index (χ0v) is 16.1. The highest BCUT2D eigenvalue weighted by Gasteiger charge is 2.27. The first kappa shape index (κ1) is 17.8. The number of hydrogen-bond acceptors (Lipinski definition) is 4. The summed E-state index contributed by atoms with van der Waals surface area (Å²) in [6, 6.07) is 8.47. The lowest BCUT2D eigenvalue weighted by molar-refractivity contribution is 0.195. The molecule has 2 unspecified atom stereocenters. The van der Waals surface area contributed by atoms with Gasteiger partial charge < -0.3 is 10.2 Å². The van der Waals surface area contributed by atoms with Gasteiger partial charge in [-0.1, -0.05) is 26.0 Å². The van der Waals surface area contributed by atoms with Gasteiger partial charge in [0.25, 0.3) is 0 Å². The summed E-state index contributed by atoms with van der Waals surface area (Å²) >= 11 is 1.88. The van der Waals surface area contributed by atoms with E-state index < -0.39 is 0 Å². The molecule has 24 heavy (non-hydrogen) atoms. The van der Waals surface area contributed by atoms with Crippen LogP contribution in [0.2, 0.25) is 0 Å². The van der Waals surface area contributed by atoms with Gasteiger partial charge in [-0.15, -0.1) is 11.3 Å². The van der Waals surface area contributed by atoms with Crippen LogP contribution in [0.1, 0.15) is 44.0 Å². The molecule has 2 saturated heterocycles. The monoisotopic (exact) mass is 345 g/mol. The number of nitrogens with zero attached hydrogens (tertiary/aromatic N) is 2. The highest BCUT2D eigenvalue weighted by atomic mass is 32.1. The Morgan fingerprint density at radius 2 is 2.04 bits per heavy atom. The summed E-state index contributed by atoms with van der Waals surface area (Å²) in [4.78, 5) is 7.24. The molecule has 2 aliphatic heterocycles. The Bertz CT molecular complexity index is 600. The summed E-state index contributed by atoms with van der Waals surface area (Å²) in [7, 11) is 2.21. The van der Waals surface area contributed by atoms with Crippen LogP contribution in [0.15, 0.2) is 24.3 Å². The van der Waals surface area contributed by atoms with Crippen LogP contribution in [-0.4, -0.2) is 43.1 Å². The van der Waals surface area contributed by atoms with Crippen LogP contribution in [0.4, 0.5) is 0 Å². The maximum atomic E-state index is 4.81. The highest BCUT2D eigenvalue weighted by molar-refractivity contribution is 7.18. The van der Waals surface area contributed by atoms with Crippen molar-refractivity contribution in [3.63, 3.8) is 0 Å². The van der Waals surface area contributed by atoms with Crippen molar-refractivity contribution in [2.45, 2.75) is 39.0 Å². The zero-order valence-electron chi connectivity index (χ0n) is 15.3. The Kier molecular flexibility index (Phi) is 6.25. The van der Waals surface area contributed by atoms with E-state index in [2.05, 4.69) is 55.4 Å². The summed E-state index contributed by atoms with van der Waals surface area (Å²) < 4.78 is 1.33. The van der Waals surface area contributed by atoms with Crippen LogP contribution in [0.25, 0.3) is 10.2 Å². The van der Waals surface area contributed by atoms with Crippen molar-refractivity contribution in [2.75, 3.05) is 33.2 Å². The second-order valence-corrected chi connectivity index (χ2v) is 8.67. The van der Waals surface area contributed by atoms with E-state index >= 15 is 0 Å². The first-order chi connectivity index (χ1) is 11.6. The van der Waals surface area contributed by atoms with E-state index in [9.17, 15) is 0 Å². The molecule has 4 rings (SSSR count). The van der Waals surface area contributed by atoms with Crippen molar-refractivity contribution in [1.82, 2.24) is 15.2 Å². The van der Waals surface area contributed by atoms with Crippen LogP contribution in [-0.2, 0) is 0 Å². The molecule has 2 fully saturated rings. The van der Waals surface area contributed by atoms with Crippen LogP contribution in [0, 0.1) is 11.8 Å². The quantitative estimate of drug-likeness (QED) is 0.832. The van der Waals surface area contributed by atoms with Crippen molar-refractivity contribution in [3.8, 4) is 0 Å². The van der Waals surface area contributed by atoms with E-state index in [-0.39, 0.29) is 0 Å². The van der Waals surface area contributed by atoms with Gasteiger partial charge in [-0.3, -0.25) is 0 Å². The van der Waals surface area contributed by atoms with Gasteiger partial charge in [-0.05, 0) is 69.9 Å². The van der Waals surface area contributed by atoms with Crippen LogP contribution in [0.5, 0.6) is 0 Å². The minimum atomic E-state index is 0.656. The van der Waals surface area contributed by atoms with Gasteiger partial charge in [-0.2, -0.15) is 0 Å². The van der Waals surface area contributed by atoms with Crippen LogP contribution >= 0.6 is 11.3 Å². The zero-order chi connectivity index (χ0) is 16.9. The number of nitrogens with one attached hydrogen (secondary N) is 1. The SMILES string of the molecule is CC1CCCNC1.CC1CN(C)CC[C@@H]1c1nc2ccccc2s1. The molecular weight excluding hydrogens is 314 g/mol. The molecular formula is C20H31N3S. The van der Waals surface area contributed by atoms with Crippen molar-refractivity contribution in [2.24, 2.45) is 11.8 Å². The van der Waals surface area contributed by atoms with E-state index in [1.165, 1.54) is 60.7 Å². The second kappa shape index (κ2) is 8.41. The maximum Gasteiger partial charge on any atom is 0.0973 e. The minimum absolute atomic E-state index is 0.656. The number of piperidine rings is 2. The number of aromatic nitrogens is 1. The van der Waals surface area contributed by atoms with E-state index in [0.29, 0.717) is 11.8 Å². The average molecular weight is 346 g/mol. The molecule has 1 aromatic heterocycles. The molecule has 0 radical (unpaired) electrons. The average Bonchev–Trinajstić information content (AvgIpc) is 3.00. The Labute approximate surface area is 150 Å². The van der Waals surface area contributed by atoms with Gasteiger partial charge in [0, 0.05) is 12.5 Å². The molecule has 0 spiro atoms. The number of fused-ring (bicyclic) bond motifs is 1. The molecule has 0 saturated carbocycles. The second-order valence-electron chi connectivity index (χ2n) is 7.61. The summed E-state index contributed by atoms with van der Waals surface area (Å²) in [5, 5.41) is 4.67. The van der Waals surface area contributed by atoms with Gasteiger partial charge in [0.15, 0.2) is 0 Å². The summed E-state index contributed by atoms with van der Waals surface area (Å²) in [6.45, 7) is 9.52. The Balaban J connectivity index is 0.000000203. The van der Waals surface area contributed by atoms with Crippen LogP contribution in [0.3, 0.4) is 0 Å². The third-order valence-electron chi connectivity index (χ3n) is 5.28. The topological polar surface area (TPSA) is 28.2 Å². The summed E-state index contributed by atoms with van der Waals surface area (Å²) in [5.41, 5.74) is 1.17. The Morgan fingerprint density at radius 1 is 1.21 bits per heavy atom. The minimum Gasteiger partial charge on any atom is -0.316 e. The number of rotatable bonds is 1. The number of likely N-dealkylation sites (tertiary alicyclic amines) is 1. The third kappa shape index (κ3) is 4.56. The molecule has 1 aromatic carbocycles. The summed E-state index contributed by atoms with van der Waals surface area (Å²) in [6.07, 6.45) is 4.05. The fraction of sp³-hybridized carbons (Fsp3) is 0.650. The highest BCUT2D eigenvalue weighted by Crippen LogP contribution is 2.36. The Morgan fingerprint density at radius 3 is 2.67 bits per heavy atom. The van der Waals surface area contributed by atoms with Crippen molar-refractivity contribution >= 4 is 21.6 Å². The van der Waals surface area contributed by atoms with Crippen molar-refractivity contribution < 1.29 is 0 Å². The van der Waals surface area contributed by atoms with Gasteiger partial charge in [0.2, 0.25) is 0 Å². The molecule has 4 heteroatoms. The van der Waals surface area contributed by atoms with Gasteiger partial charge in [0.1, 0.15) is 0 Å². The Hall–Kier alpha value is -0.970. The third-order valence-corrected chi connectivity index (χ3v) is 6.45. The molecule has 0 bridgehead atoms. The molecule has 2 aromatic rings. The molecule has 3 nitrogen and oxygen atoms in total. The molecule has 2 aliphatic rings. The van der Waals surface area contributed by atoms with E-state index in [1.807, 2.05) is 11.3 Å². The van der Waals surface area contributed by atoms with Crippen LogP contribution < -0.4 is 5.32 Å². The van der Waals surface area contributed by atoms with Gasteiger partial charge in [-0.25, -0.2) is 4.98 Å². The molecule has 0 amide bonds. The lowest BCUT2D eigenvalue weighted by Gasteiger charge is -2.33. The van der Waals surface area contributed by atoms with Gasteiger partial charge >= 0.3 is 0 Å².